The highest BCUT2D eigenvalue weighted by Gasteiger charge is 2.41. The van der Waals surface area contributed by atoms with Crippen molar-refractivity contribution in [1.29, 1.82) is 0 Å². The zero-order valence-corrected chi connectivity index (χ0v) is 22.1. The number of nitrogens with one attached hydrogen (secondary N) is 1. The molecule has 3 aromatic rings. The van der Waals surface area contributed by atoms with Gasteiger partial charge in [0.25, 0.3) is 0 Å². The average Bonchev–Trinajstić information content (AvgIpc) is 2.94. The average molecular weight is 548 g/mol. The number of aryl methyl sites for hydroxylation is 2. The van der Waals surface area contributed by atoms with Crippen LogP contribution in [0.5, 0.6) is 5.75 Å². The van der Waals surface area contributed by atoms with Crippen molar-refractivity contribution in [1.82, 2.24) is 15.4 Å². The zero-order chi connectivity index (χ0) is 28.2. The number of halogens is 4. The Kier molecular flexibility index (Phi) is 9.07. The van der Waals surface area contributed by atoms with Crippen molar-refractivity contribution >= 4 is 16.8 Å². The number of likely N-dealkylation sites (tertiary alicyclic amines) is 1. The minimum absolute atomic E-state index is 0.0896. The maximum absolute atomic E-state index is 15.8. The molecule has 0 radical (unpaired) electrons. The van der Waals surface area contributed by atoms with Crippen molar-refractivity contribution in [2.75, 3.05) is 26.7 Å². The SMILES string of the molecule is COc1ccc2ncc(C)c(C(F)CCC3(C(=O)NO)CCN(CCCc4cc(F)c(F)c(F)c4)CC3)c2c1. The van der Waals surface area contributed by atoms with Crippen molar-refractivity contribution in [3.63, 3.8) is 0 Å². The van der Waals surface area contributed by atoms with E-state index in [0.717, 1.165) is 12.1 Å². The lowest BCUT2D eigenvalue weighted by Gasteiger charge is -2.40. The van der Waals surface area contributed by atoms with E-state index in [1.165, 1.54) is 0 Å². The number of carbonyl (C=O) groups is 1. The quantitative estimate of drug-likeness (QED) is 0.141. The first-order valence-corrected chi connectivity index (χ1v) is 13.0. The number of ether oxygens (including phenoxy) is 1. The summed E-state index contributed by atoms with van der Waals surface area (Å²) < 4.78 is 61.2. The molecular weight excluding hydrogens is 514 g/mol. The minimum atomic E-state index is -1.48. The molecule has 1 fully saturated rings. The molecule has 210 valence electrons. The second-order valence-corrected chi connectivity index (χ2v) is 10.3. The third-order valence-corrected chi connectivity index (χ3v) is 7.89. The van der Waals surface area contributed by atoms with Gasteiger partial charge in [-0.15, -0.1) is 0 Å². The molecule has 2 N–H and O–H groups in total. The summed E-state index contributed by atoms with van der Waals surface area (Å²) in [6, 6.07) is 7.32. The van der Waals surface area contributed by atoms with Crippen LogP contribution in [0.25, 0.3) is 10.9 Å². The monoisotopic (exact) mass is 547 g/mol. The number of nitrogens with zero attached hydrogens (tertiary/aromatic N) is 2. The number of hydroxylamine groups is 1. The normalized spacial score (nSPS) is 16.3. The van der Waals surface area contributed by atoms with E-state index in [9.17, 15) is 23.2 Å². The molecule has 1 aliphatic heterocycles. The van der Waals surface area contributed by atoms with Crippen LogP contribution in [-0.4, -0.2) is 47.7 Å². The topological polar surface area (TPSA) is 74.7 Å². The van der Waals surface area contributed by atoms with Crippen LogP contribution < -0.4 is 10.2 Å². The molecule has 4 rings (SSSR count). The molecule has 1 saturated heterocycles. The lowest BCUT2D eigenvalue weighted by atomic mass is 9.73. The summed E-state index contributed by atoms with van der Waals surface area (Å²) >= 11 is 0. The van der Waals surface area contributed by atoms with Crippen molar-refractivity contribution < 1.29 is 32.3 Å². The predicted octanol–water partition coefficient (Wildman–Crippen LogP) is 5.98. The van der Waals surface area contributed by atoms with Crippen LogP contribution in [0.3, 0.4) is 0 Å². The number of amides is 1. The molecule has 0 saturated carbocycles. The Hall–Kier alpha value is -3.24. The van der Waals surface area contributed by atoms with Crippen molar-refractivity contribution in [2.24, 2.45) is 5.41 Å². The summed E-state index contributed by atoms with van der Waals surface area (Å²) in [5.41, 5.74) is 3.12. The van der Waals surface area contributed by atoms with Crippen LogP contribution in [0.15, 0.2) is 36.5 Å². The number of hydrogen-bond acceptors (Lipinski definition) is 5. The van der Waals surface area contributed by atoms with Gasteiger partial charge in [-0.3, -0.25) is 15.0 Å². The van der Waals surface area contributed by atoms with Gasteiger partial charge in [-0.25, -0.2) is 23.0 Å². The molecule has 1 aliphatic rings. The van der Waals surface area contributed by atoms with Gasteiger partial charge in [-0.2, -0.15) is 0 Å². The fraction of sp³-hybridized carbons (Fsp3) is 0.448. The van der Waals surface area contributed by atoms with Gasteiger partial charge in [-0.05, 0) is 112 Å². The van der Waals surface area contributed by atoms with Crippen molar-refractivity contribution in [2.45, 2.75) is 51.6 Å². The van der Waals surface area contributed by atoms with Crippen LogP contribution in [0.2, 0.25) is 0 Å². The van der Waals surface area contributed by atoms with Gasteiger partial charge in [0, 0.05) is 11.6 Å². The molecule has 0 bridgehead atoms. The summed E-state index contributed by atoms with van der Waals surface area (Å²) in [7, 11) is 1.54. The third kappa shape index (κ3) is 6.33. The third-order valence-electron chi connectivity index (χ3n) is 7.89. The molecule has 10 heteroatoms. The van der Waals surface area contributed by atoms with Crippen LogP contribution in [-0.2, 0) is 11.2 Å². The summed E-state index contributed by atoms with van der Waals surface area (Å²) in [4.78, 5) is 19.3. The Balaban J connectivity index is 1.39. The first kappa shape index (κ1) is 28.8. The van der Waals surface area contributed by atoms with Crippen LogP contribution >= 0.6 is 0 Å². The Labute approximate surface area is 224 Å². The van der Waals surface area contributed by atoms with Gasteiger partial charge >= 0.3 is 0 Å². The van der Waals surface area contributed by atoms with E-state index < -0.39 is 34.9 Å². The molecule has 1 aromatic heterocycles. The van der Waals surface area contributed by atoms with Crippen LogP contribution in [0.4, 0.5) is 17.6 Å². The number of hydrogen-bond donors (Lipinski definition) is 2. The molecule has 2 aromatic carbocycles. The van der Waals surface area contributed by atoms with E-state index in [4.69, 9.17) is 4.74 Å². The number of alkyl halides is 1. The van der Waals surface area contributed by atoms with Gasteiger partial charge < -0.3 is 9.64 Å². The van der Waals surface area contributed by atoms with E-state index in [1.54, 1.807) is 43.9 Å². The second kappa shape index (κ2) is 12.3. The predicted molar refractivity (Wildman–Crippen MR) is 139 cm³/mol. The lowest BCUT2D eigenvalue weighted by molar-refractivity contribution is -0.143. The number of carbonyl (C=O) groups excluding carboxylic acids is 1. The highest BCUT2D eigenvalue weighted by Crippen LogP contribution is 2.41. The van der Waals surface area contributed by atoms with E-state index >= 15 is 4.39 Å². The molecule has 0 aliphatic carbocycles. The smallest absolute Gasteiger partial charge is 0.249 e. The lowest BCUT2D eigenvalue weighted by Crippen LogP contribution is -2.48. The maximum atomic E-state index is 15.8. The van der Waals surface area contributed by atoms with E-state index in [-0.39, 0.29) is 12.8 Å². The highest BCUT2D eigenvalue weighted by molar-refractivity contribution is 5.85. The fourth-order valence-electron chi connectivity index (χ4n) is 5.55. The molecular formula is C29H33F4N3O3. The molecule has 39 heavy (non-hydrogen) atoms. The van der Waals surface area contributed by atoms with Crippen LogP contribution in [0, 0.1) is 29.8 Å². The molecule has 2 heterocycles. The minimum Gasteiger partial charge on any atom is -0.497 e. The van der Waals surface area contributed by atoms with Crippen molar-refractivity contribution in [3.05, 3.63) is 70.7 Å². The fourth-order valence-corrected chi connectivity index (χ4v) is 5.55. The van der Waals surface area contributed by atoms with Gasteiger partial charge in [0.1, 0.15) is 11.9 Å². The van der Waals surface area contributed by atoms with E-state index in [0.29, 0.717) is 78.7 Å². The van der Waals surface area contributed by atoms with Gasteiger partial charge in [-0.1, -0.05) is 0 Å². The van der Waals surface area contributed by atoms with E-state index in [2.05, 4.69) is 9.88 Å². The Morgan fingerprint density at radius 1 is 1.18 bits per heavy atom. The highest BCUT2D eigenvalue weighted by atomic mass is 19.2. The second-order valence-electron chi connectivity index (χ2n) is 10.3. The maximum Gasteiger partial charge on any atom is 0.249 e. The number of methoxy groups -OCH3 is 1. The molecule has 0 spiro atoms. The largest absolute Gasteiger partial charge is 0.497 e. The molecule has 1 amide bonds. The van der Waals surface area contributed by atoms with E-state index in [1.807, 2.05) is 0 Å². The van der Waals surface area contributed by atoms with Gasteiger partial charge in [0.15, 0.2) is 17.5 Å². The number of piperidine rings is 1. The number of pyridine rings is 1. The first-order valence-electron chi connectivity index (χ1n) is 13.0. The molecule has 1 atom stereocenters. The zero-order valence-electron chi connectivity index (χ0n) is 22.1. The summed E-state index contributed by atoms with van der Waals surface area (Å²) in [5, 5.41) is 10.1. The Morgan fingerprint density at radius 2 is 1.87 bits per heavy atom. The first-order chi connectivity index (χ1) is 18.7. The Morgan fingerprint density at radius 3 is 2.51 bits per heavy atom. The Bertz CT molecular complexity index is 1310. The standard InChI is InChI=1S/C29H33F4N3O3/c1-18-17-34-25-6-5-20(39-2)16-21(25)26(18)22(30)7-8-29(28(37)35-38)9-12-36(13-10-29)11-3-4-19-14-23(31)27(33)24(32)15-19/h5-6,14-17,22,38H,3-4,7-13H2,1-2H3,(H,35,37). The van der Waals surface area contributed by atoms with Crippen LogP contribution in [0.1, 0.15) is 55.0 Å². The summed E-state index contributed by atoms with van der Waals surface area (Å²) in [5.74, 6) is -3.81. The molecule has 6 nitrogen and oxygen atoms in total. The van der Waals surface area contributed by atoms with Gasteiger partial charge in [0.05, 0.1) is 18.0 Å². The summed E-state index contributed by atoms with van der Waals surface area (Å²) in [6.45, 7) is 3.51. The number of benzene rings is 2. The number of aromatic nitrogens is 1. The van der Waals surface area contributed by atoms with Crippen molar-refractivity contribution in [3.8, 4) is 5.75 Å². The summed E-state index contributed by atoms with van der Waals surface area (Å²) in [6.07, 6.45) is 2.45. The van der Waals surface area contributed by atoms with Gasteiger partial charge in [0.2, 0.25) is 5.91 Å². The molecule has 1 unspecified atom stereocenters. The number of fused-ring (bicyclic) bond motifs is 1. The number of rotatable bonds is 10.